The van der Waals surface area contributed by atoms with E-state index < -0.39 is 11.4 Å². The molecule has 146 valence electrons. The summed E-state index contributed by atoms with van der Waals surface area (Å²) in [5.41, 5.74) is 0.686. The monoisotopic (exact) mass is 393 g/mol. The van der Waals surface area contributed by atoms with Gasteiger partial charge in [-0.15, -0.1) is 0 Å². The Hall–Kier alpha value is -2.28. The Morgan fingerprint density at radius 3 is 2.30 bits per heavy atom. The van der Waals surface area contributed by atoms with Crippen LogP contribution in [0.1, 0.15) is 31.2 Å². The highest BCUT2D eigenvalue weighted by atomic mass is 35.5. The number of carbonyl (C=O) groups is 3. The van der Waals surface area contributed by atoms with E-state index in [0.717, 1.165) is 12.0 Å². The number of rotatable bonds is 4. The molecular formula is C19H24ClN3O4. The number of carbonyl (C=O) groups excluding carboxylic acids is 2. The van der Waals surface area contributed by atoms with E-state index in [0.29, 0.717) is 49.7 Å². The van der Waals surface area contributed by atoms with Crippen molar-refractivity contribution in [3.8, 4) is 0 Å². The minimum absolute atomic E-state index is 0.0520. The molecule has 0 radical (unpaired) electrons. The van der Waals surface area contributed by atoms with E-state index in [1.54, 1.807) is 21.9 Å². The van der Waals surface area contributed by atoms with Crippen LogP contribution in [0.3, 0.4) is 0 Å². The second-order valence-corrected chi connectivity index (χ2v) is 7.78. The van der Waals surface area contributed by atoms with E-state index in [-0.39, 0.29) is 18.4 Å². The van der Waals surface area contributed by atoms with Crippen molar-refractivity contribution >= 4 is 35.2 Å². The van der Waals surface area contributed by atoms with Gasteiger partial charge >= 0.3 is 12.0 Å². The largest absolute Gasteiger partial charge is 0.481 e. The quantitative estimate of drug-likeness (QED) is 0.822. The predicted molar refractivity (Wildman–Crippen MR) is 102 cm³/mol. The van der Waals surface area contributed by atoms with Gasteiger partial charge < -0.3 is 20.2 Å². The molecule has 0 atom stereocenters. The van der Waals surface area contributed by atoms with Crippen LogP contribution in [0, 0.1) is 12.3 Å². The van der Waals surface area contributed by atoms with Crippen molar-refractivity contribution < 1.29 is 19.5 Å². The van der Waals surface area contributed by atoms with Crippen molar-refractivity contribution in [2.24, 2.45) is 5.41 Å². The second-order valence-electron chi connectivity index (χ2n) is 7.38. The fourth-order valence-corrected chi connectivity index (χ4v) is 3.68. The zero-order chi connectivity index (χ0) is 19.6. The lowest BCUT2D eigenvalue weighted by Crippen LogP contribution is -2.53. The lowest BCUT2D eigenvalue weighted by molar-refractivity contribution is -0.159. The van der Waals surface area contributed by atoms with Crippen molar-refractivity contribution in [1.82, 2.24) is 9.80 Å². The van der Waals surface area contributed by atoms with Crippen molar-refractivity contribution in [2.75, 3.05) is 31.5 Å². The van der Waals surface area contributed by atoms with Gasteiger partial charge in [-0.3, -0.25) is 9.59 Å². The molecule has 2 aliphatic rings. The van der Waals surface area contributed by atoms with Gasteiger partial charge in [0, 0.05) is 43.3 Å². The number of nitrogens with one attached hydrogen (secondary N) is 1. The van der Waals surface area contributed by atoms with E-state index in [2.05, 4.69) is 5.32 Å². The second kappa shape index (κ2) is 7.76. The molecule has 1 aromatic carbocycles. The number of amides is 3. The lowest BCUT2D eigenvalue weighted by atomic mass is 9.66. The Morgan fingerprint density at radius 1 is 1.15 bits per heavy atom. The molecule has 0 aromatic heterocycles. The fourth-order valence-electron chi connectivity index (χ4n) is 3.50. The summed E-state index contributed by atoms with van der Waals surface area (Å²) in [6, 6.07) is 5.11. The molecular weight excluding hydrogens is 370 g/mol. The minimum atomic E-state index is -0.879. The topological polar surface area (TPSA) is 90.0 Å². The van der Waals surface area contributed by atoms with Gasteiger partial charge in [0.25, 0.3) is 0 Å². The van der Waals surface area contributed by atoms with Crippen LogP contribution in [-0.2, 0) is 9.59 Å². The summed E-state index contributed by atoms with van der Waals surface area (Å²) >= 11 is 6.08. The SMILES string of the molecule is Cc1ccc(NC(=O)N2CCN(C(=O)CC3(C(=O)O)CCC3)CC2)cc1Cl. The van der Waals surface area contributed by atoms with Crippen LogP contribution in [0.5, 0.6) is 0 Å². The summed E-state index contributed by atoms with van der Waals surface area (Å²) in [6.45, 7) is 3.55. The molecule has 1 aliphatic heterocycles. The van der Waals surface area contributed by atoms with Crippen LogP contribution >= 0.6 is 11.6 Å². The first-order valence-electron chi connectivity index (χ1n) is 9.14. The number of hydrogen-bond acceptors (Lipinski definition) is 3. The van der Waals surface area contributed by atoms with Crippen molar-refractivity contribution in [3.63, 3.8) is 0 Å². The number of aryl methyl sites for hydroxylation is 1. The highest BCUT2D eigenvalue weighted by Crippen LogP contribution is 2.44. The van der Waals surface area contributed by atoms with Crippen LogP contribution in [-0.4, -0.2) is 59.0 Å². The van der Waals surface area contributed by atoms with Crippen molar-refractivity contribution in [3.05, 3.63) is 28.8 Å². The van der Waals surface area contributed by atoms with E-state index in [1.807, 2.05) is 13.0 Å². The van der Waals surface area contributed by atoms with Crippen LogP contribution in [0.2, 0.25) is 5.02 Å². The number of urea groups is 1. The van der Waals surface area contributed by atoms with E-state index in [4.69, 9.17) is 11.6 Å². The lowest BCUT2D eigenvalue weighted by Gasteiger charge is -2.40. The van der Waals surface area contributed by atoms with Gasteiger partial charge in [-0.05, 0) is 37.5 Å². The van der Waals surface area contributed by atoms with Gasteiger partial charge in [-0.1, -0.05) is 24.1 Å². The smallest absolute Gasteiger partial charge is 0.321 e. The van der Waals surface area contributed by atoms with Crippen LogP contribution in [0.15, 0.2) is 18.2 Å². The number of carboxylic acid groups (broad SMARTS) is 1. The van der Waals surface area contributed by atoms with Crippen molar-refractivity contribution in [2.45, 2.75) is 32.6 Å². The highest BCUT2D eigenvalue weighted by molar-refractivity contribution is 6.31. The molecule has 1 heterocycles. The molecule has 8 heteroatoms. The van der Waals surface area contributed by atoms with Gasteiger partial charge in [0.2, 0.25) is 5.91 Å². The van der Waals surface area contributed by atoms with Crippen molar-refractivity contribution in [1.29, 1.82) is 0 Å². The molecule has 27 heavy (non-hydrogen) atoms. The molecule has 3 amide bonds. The first-order valence-corrected chi connectivity index (χ1v) is 9.52. The number of nitrogens with zero attached hydrogens (tertiary/aromatic N) is 2. The first kappa shape index (κ1) is 19.5. The number of piperazine rings is 1. The number of carboxylic acids is 1. The predicted octanol–water partition coefficient (Wildman–Crippen LogP) is 2.97. The number of hydrogen-bond donors (Lipinski definition) is 2. The summed E-state index contributed by atoms with van der Waals surface area (Å²) in [5.74, 6) is -1.01. The van der Waals surface area contributed by atoms with Crippen LogP contribution in [0.4, 0.5) is 10.5 Å². The Morgan fingerprint density at radius 2 is 1.78 bits per heavy atom. The summed E-state index contributed by atoms with van der Waals surface area (Å²) in [6.07, 6.45) is 2.04. The van der Waals surface area contributed by atoms with Gasteiger partial charge in [-0.2, -0.15) is 0 Å². The third kappa shape index (κ3) is 4.18. The van der Waals surface area contributed by atoms with Gasteiger partial charge in [0.05, 0.1) is 5.41 Å². The van der Waals surface area contributed by atoms with Gasteiger partial charge in [0.15, 0.2) is 0 Å². The summed E-state index contributed by atoms with van der Waals surface area (Å²) < 4.78 is 0. The summed E-state index contributed by atoms with van der Waals surface area (Å²) in [5, 5.41) is 12.8. The number of benzene rings is 1. The third-order valence-electron chi connectivity index (χ3n) is 5.60. The molecule has 0 bridgehead atoms. The van der Waals surface area contributed by atoms with E-state index in [1.165, 1.54) is 0 Å². The average Bonchev–Trinajstić information content (AvgIpc) is 2.61. The number of aliphatic carboxylic acids is 1. The summed E-state index contributed by atoms with van der Waals surface area (Å²) in [7, 11) is 0. The van der Waals surface area contributed by atoms with E-state index >= 15 is 0 Å². The Kier molecular flexibility index (Phi) is 5.60. The molecule has 1 aromatic rings. The van der Waals surface area contributed by atoms with Crippen LogP contribution < -0.4 is 5.32 Å². The summed E-state index contributed by atoms with van der Waals surface area (Å²) in [4.78, 5) is 39.6. The Balaban J connectivity index is 1.50. The number of anilines is 1. The molecule has 1 saturated heterocycles. The molecule has 7 nitrogen and oxygen atoms in total. The molecule has 1 saturated carbocycles. The zero-order valence-corrected chi connectivity index (χ0v) is 16.1. The standard InChI is InChI=1S/C19H24ClN3O4/c1-13-3-4-14(11-15(13)20)21-18(27)23-9-7-22(8-10-23)16(24)12-19(17(25)26)5-2-6-19/h3-4,11H,2,5-10,12H2,1H3,(H,21,27)(H,25,26). The molecule has 2 N–H and O–H groups in total. The normalized spacial score (nSPS) is 18.6. The maximum absolute atomic E-state index is 12.5. The first-order chi connectivity index (χ1) is 12.8. The minimum Gasteiger partial charge on any atom is -0.481 e. The molecule has 0 spiro atoms. The molecule has 3 rings (SSSR count). The third-order valence-corrected chi connectivity index (χ3v) is 6.00. The highest BCUT2D eigenvalue weighted by Gasteiger charge is 2.46. The molecule has 1 aliphatic carbocycles. The maximum atomic E-state index is 12.5. The molecule has 2 fully saturated rings. The number of halogens is 1. The zero-order valence-electron chi connectivity index (χ0n) is 15.3. The average molecular weight is 394 g/mol. The van der Waals surface area contributed by atoms with Gasteiger partial charge in [-0.25, -0.2) is 4.79 Å². The Labute approximate surface area is 163 Å². The Bertz CT molecular complexity index is 755. The van der Waals surface area contributed by atoms with Crippen LogP contribution in [0.25, 0.3) is 0 Å². The van der Waals surface area contributed by atoms with Gasteiger partial charge in [0.1, 0.15) is 0 Å². The fraction of sp³-hybridized carbons (Fsp3) is 0.526. The maximum Gasteiger partial charge on any atom is 0.321 e. The van der Waals surface area contributed by atoms with E-state index in [9.17, 15) is 19.5 Å². The molecule has 0 unspecified atom stereocenters.